The number of nitrogens with zero attached hydrogens (tertiary/aromatic N) is 4. The summed E-state index contributed by atoms with van der Waals surface area (Å²) in [7, 11) is 2.04. The van der Waals surface area contributed by atoms with Crippen LogP contribution in [0.15, 0.2) is 60.9 Å². The van der Waals surface area contributed by atoms with Crippen molar-refractivity contribution in [2.45, 2.75) is 13.3 Å². The molecule has 146 valence electrons. The van der Waals surface area contributed by atoms with E-state index in [4.69, 9.17) is 0 Å². The van der Waals surface area contributed by atoms with Crippen molar-refractivity contribution in [2.75, 3.05) is 11.9 Å². The van der Waals surface area contributed by atoms with Gasteiger partial charge >= 0.3 is 6.03 Å². The van der Waals surface area contributed by atoms with Crippen molar-refractivity contribution in [3.63, 3.8) is 0 Å². The molecule has 0 unspecified atom stereocenters. The van der Waals surface area contributed by atoms with Crippen molar-refractivity contribution in [2.24, 2.45) is 7.05 Å². The molecule has 4 aromatic rings. The van der Waals surface area contributed by atoms with E-state index in [1.54, 1.807) is 18.3 Å². The Balaban J connectivity index is 1.34. The van der Waals surface area contributed by atoms with Gasteiger partial charge in [0.1, 0.15) is 5.69 Å². The number of hydrogen-bond acceptors (Lipinski definition) is 4. The summed E-state index contributed by atoms with van der Waals surface area (Å²) in [5.74, 6) is 0.392. The Morgan fingerprint density at radius 1 is 1.03 bits per heavy atom. The van der Waals surface area contributed by atoms with Crippen molar-refractivity contribution in [3.05, 3.63) is 72.1 Å². The second kappa shape index (κ2) is 8.10. The third-order valence-electron chi connectivity index (χ3n) is 4.81. The first-order valence-electron chi connectivity index (χ1n) is 9.45. The highest BCUT2D eigenvalue weighted by molar-refractivity contribution is 5.89. The maximum atomic E-state index is 12.2. The fraction of sp³-hybridized carbons (Fsp3) is 0.182. The summed E-state index contributed by atoms with van der Waals surface area (Å²) in [4.78, 5) is 16.4. The van der Waals surface area contributed by atoms with Crippen molar-refractivity contribution in [3.8, 4) is 11.4 Å². The Kier molecular flexibility index (Phi) is 5.20. The number of nitrogens with one attached hydrogen (secondary N) is 2. The van der Waals surface area contributed by atoms with E-state index in [0.717, 1.165) is 12.1 Å². The lowest BCUT2D eigenvalue weighted by Gasteiger charge is -2.07. The first-order chi connectivity index (χ1) is 14.1. The second-order valence-corrected chi connectivity index (χ2v) is 6.88. The second-order valence-electron chi connectivity index (χ2n) is 6.88. The van der Waals surface area contributed by atoms with Gasteiger partial charge in [-0.25, -0.2) is 4.79 Å². The molecule has 3 heterocycles. The first-order valence-corrected chi connectivity index (χ1v) is 9.45. The van der Waals surface area contributed by atoms with Crippen molar-refractivity contribution >= 4 is 22.8 Å². The highest BCUT2D eigenvalue weighted by Gasteiger charge is 2.10. The molecule has 0 saturated heterocycles. The minimum atomic E-state index is -0.304. The smallest absolute Gasteiger partial charge is 0.320 e. The zero-order valence-corrected chi connectivity index (χ0v) is 16.4. The van der Waals surface area contributed by atoms with Crippen LogP contribution in [0.25, 0.3) is 22.3 Å². The number of carbonyl (C=O) groups excluding carboxylic acids is 1. The number of aromatic nitrogens is 4. The lowest BCUT2D eigenvalue weighted by atomic mass is 10.1. The van der Waals surface area contributed by atoms with Gasteiger partial charge in [-0.2, -0.15) is 0 Å². The lowest BCUT2D eigenvalue weighted by Crippen LogP contribution is -2.30. The van der Waals surface area contributed by atoms with E-state index in [2.05, 4.69) is 61.7 Å². The zero-order chi connectivity index (χ0) is 20.2. The SMILES string of the molecule is Cc1cccc2c1c(CCNC(=O)Nc1ccc(-c3ccccn3)nn1)cn2C. The van der Waals surface area contributed by atoms with E-state index in [0.29, 0.717) is 18.1 Å². The zero-order valence-electron chi connectivity index (χ0n) is 16.4. The number of amides is 2. The highest BCUT2D eigenvalue weighted by Crippen LogP contribution is 2.24. The van der Waals surface area contributed by atoms with Crippen LogP contribution in [0, 0.1) is 6.92 Å². The van der Waals surface area contributed by atoms with Gasteiger partial charge in [-0.1, -0.05) is 18.2 Å². The number of anilines is 1. The molecule has 1 aromatic carbocycles. The van der Waals surface area contributed by atoms with E-state index in [1.807, 2.05) is 25.2 Å². The molecule has 0 fully saturated rings. The van der Waals surface area contributed by atoms with Gasteiger partial charge in [0, 0.05) is 36.9 Å². The first kappa shape index (κ1) is 18.6. The molecule has 0 spiro atoms. The minimum absolute atomic E-state index is 0.304. The molecule has 29 heavy (non-hydrogen) atoms. The molecule has 2 N–H and O–H groups in total. The van der Waals surface area contributed by atoms with Crippen LogP contribution in [0.5, 0.6) is 0 Å². The Bertz CT molecular complexity index is 1140. The van der Waals surface area contributed by atoms with E-state index in [9.17, 15) is 4.79 Å². The van der Waals surface area contributed by atoms with Gasteiger partial charge in [0.15, 0.2) is 5.82 Å². The molecule has 7 heteroatoms. The minimum Gasteiger partial charge on any atom is -0.350 e. The monoisotopic (exact) mass is 386 g/mol. The van der Waals surface area contributed by atoms with Gasteiger partial charge in [-0.05, 0) is 54.8 Å². The van der Waals surface area contributed by atoms with Crippen LogP contribution < -0.4 is 10.6 Å². The van der Waals surface area contributed by atoms with Crippen LogP contribution in [0.3, 0.4) is 0 Å². The van der Waals surface area contributed by atoms with Crippen LogP contribution in [0.2, 0.25) is 0 Å². The fourth-order valence-electron chi connectivity index (χ4n) is 3.44. The number of rotatable bonds is 5. The van der Waals surface area contributed by atoms with Crippen molar-refractivity contribution in [1.82, 2.24) is 25.1 Å². The molecule has 3 aromatic heterocycles. The van der Waals surface area contributed by atoms with E-state index < -0.39 is 0 Å². The number of benzene rings is 1. The van der Waals surface area contributed by atoms with Gasteiger partial charge < -0.3 is 9.88 Å². The maximum absolute atomic E-state index is 12.2. The number of pyridine rings is 1. The Morgan fingerprint density at radius 2 is 1.93 bits per heavy atom. The highest BCUT2D eigenvalue weighted by atomic mass is 16.2. The van der Waals surface area contributed by atoms with Gasteiger partial charge in [0.05, 0.1) is 5.69 Å². The summed E-state index contributed by atoms with van der Waals surface area (Å²) in [5.41, 5.74) is 5.06. The largest absolute Gasteiger partial charge is 0.350 e. The number of urea groups is 1. The average Bonchev–Trinajstić information content (AvgIpc) is 3.06. The van der Waals surface area contributed by atoms with Crippen LogP contribution in [-0.4, -0.2) is 32.3 Å². The van der Waals surface area contributed by atoms with E-state index >= 15 is 0 Å². The normalized spacial score (nSPS) is 10.8. The van der Waals surface area contributed by atoms with Crippen molar-refractivity contribution in [1.29, 1.82) is 0 Å². The fourth-order valence-corrected chi connectivity index (χ4v) is 3.44. The third kappa shape index (κ3) is 4.08. The maximum Gasteiger partial charge on any atom is 0.320 e. The topological polar surface area (TPSA) is 84.7 Å². The Morgan fingerprint density at radius 3 is 2.69 bits per heavy atom. The van der Waals surface area contributed by atoms with Crippen LogP contribution in [-0.2, 0) is 13.5 Å². The number of hydrogen-bond donors (Lipinski definition) is 2. The van der Waals surface area contributed by atoms with Gasteiger partial charge in [-0.3, -0.25) is 10.3 Å². The standard InChI is InChI=1S/C22H22N6O/c1-15-6-5-8-19-21(15)16(14-28(19)2)11-13-24-22(29)25-20-10-9-18(26-27-20)17-7-3-4-12-23-17/h3-10,12,14H,11,13H2,1-2H3,(H2,24,25,27,29). The molecule has 0 aliphatic carbocycles. The number of fused-ring (bicyclic) bond motifs is 1. The summed E-state index contributed by atoms with van der Waals surface area (Å²) < 4.78 is 2.12. The van der Waals surface area contributed by atoms with Crippen molar-refractivity contribution < 1.29 is 4.79 Å². The molecule has 7 nitrogen and oxygen atoms in total. The van der Waals surface area contributed by atoms with Gasteiger partial charge in [0.2, 0.25) is 0 Å². The summed E-state index contributed by atoms with van der Waals surface area (Å²) in [6, 6.07) is 15.1. The van der Waals surface area contributed by atoms with E-state index in [-0.39, 0.29) is 6.03 Å². The molecule has 0 saturated carbocycles. The number of aryl methyl sites for hydroxylation is 2. The Labute approximate surface area is 168 Å². The summed E-state index contributed by atoms with van der Waals surface area (Å²) in [5, 5.41) is 15.0. The third-order valence-corrected chi connectivity index (χ3v) is 4.81. The summed E-state index contributed by atoms with van der Waals surface area (Å²) >= 11 is 0. The molecule has 0 aliphatic heterocycles. The van der Waals surface area contributed by atoms with E-state index in [1.165, 1.54) is 22.0 Å². The van der Waals surface area contributed by atoms with Crippen LogP contribution in [0.4, 0.5) is 10.6 Å². The molecular weight excluding hydrogens is 364 g/mol. The predicted octanol–water partition coefficient (Wildman–Crippen LogP) is 3.70. The number of carbonyl (C=O) groups is 1. The molecule has 0 radical (unpaired) electrons. The van der Waals surface area contributed by atoms with Crippen LogP contribution >= 0.6 is 0 Å². The summed E-state index contributed by atoms with van der Waals surface area (Å²) in [6.45, 7) is 2.64. The lowest BCUT2D eigenvalue weighted by molar-refractivity contribution is 0.252. The predicted molar refractivity (Wildman–Crippen MR) is 114 cm³/mol. The quantitative estimate of drug-likeness (QED) is 0.548. The van der Waals surface area contributed by atoms with Crippen LogP contribution in [0.1, 0.15) is 11.1 Å². The Hall–Kier alpha value is -3.74. The summed E-state index contributed by atoms with van der Waals surface area (Å²) in [6.07, 6.45) is 4.58. The molecule has 2 amide bonds. The van der Waals surface area contributed by atoms with Gasteiger partial charge in [0.25, 0.3) is 0 Å². The molecule has 0 aliphatic rings. The molecular formula is C22H22N6O. The molecule has 4 rings (SSSR count). The van der Waals surface area contributed by atoms with Gasteiger partial charge in [-0.15, -0.1) is 10.2 Å². The molecule has 0 atom stereocenters. The average molecular weight is 386 g/mol. The molecule has 0 bridgehead atoms.